The summed E-state index contributed by atoms with van der Waals surface area (Å²) in [6.07, 6.45) is 2.28. The maximum absolute atomic E-state index is 12.3. The number of hydrogen-bond acceptors (Lipinski definition) is 6. The standard InChI is InChI=1S/C21H20N4O3S/c1-29-14-19-24-17-4-2-3-5-18(17)25(19)12-21(27)28-13-20(26)23-16-8-6-15(7-9-16)10-11-22/h2-9H,10,12-14H2,1H3,(H,23,26). The minimum Gasteiger partial charge on any atom is -0.454 e. The van der Waals surface area contributed by atoms with E-state index in [2.05, 4.69) is 16.4 Å². The first-order valence-electron chi connectivity index (χ1n) is 8.95. The largest absolute Gasteiger partial charge is 0.454 e. The second kappa shape index (κ2) is 9.75. The summed E-state index contributed by atoms with van der Waals surface area (Å²) in [6.45, 7) is -0.379. The topological polar surface area (TPSA) is 97.0 Å². The number of rotatable bonds is 8. The lowest BCUT2D eigenvalue weighted by Crippen LogP contribution is -2.23. The number of ether oxygens (including phenoxy) is 1. The van der Waals surface area contributed by atoms with Crippen molar-refractivity contribution in [3.63, 3.8) is 0 Å². The van der Waals surface area contributed by atoms with Gasteiger partial charge in [0.05, 0.1) is 29.3 Å². The monoisotopic (exact) mass is 408 g/mol. The zero-order chi connectivity index (χ0) is 20.6. The van der Waals surface area contributed by atoms with Gasteiger partial charge in [-0.3, -0.25) is 9.59 Å². The molecule has 148 valence electrons. The van der Waals surface area contributed by atoms with Crippen molar-refractivity contribution in [2.24, 2.45) is 0 Å². The van der Waals surface area contributed by atoms with Crippen LogP contribution in [0.5, 0.6) is 0 Å². The van der Waals surface area contributed by atoms with Crippen molar-refractivity contribution in [1.29, 1.82) is 5.26 Å². The molecule has 3 rings (SSSR count). The molecule has 7 nitrogen and oxygen atoms in total. The van der Waals surface area contributed by atoms with Crippen LogP contribution in [0.15, 0.2) is 48.5 Å². The fourth-order valence-corrected chi connectivity index (χ4v) is 3.33. The highest BCUT2D eigenvalue weighted by molar-refractivity contribution is 7.97. The van der Waals surface area contributed by atoms with Crippen molar-refractivity contribution in [1.82, 2.24) is 9.55 Å². The molecule has 0 unspecified atom stereocenters. The molecule has 0 radical (unpaired) electrons. The SMILES string of the molecule is CSCc1nc2ccccc2n1CC(=O)OCC(=O)Nc1ccc(CC#N)cc1. The van der Waals surface area contributed by atoms with Gasteiger partial charge in [-0.15, -0.1) is 0 Å². The smallest absolute Gasteiger partial charge is 0.326 e. The number of imidazole rings is 1. The number of nitrogens with zero attached hydrogens (tertiary/aromatic N) is 3. The number of para-hydroxylation sites is 2. The third-order valence-corrected chi connectivity index (χ3v) is 4.73. The zero-order valence-corrected chi connectivity index (χ0v) is 16.7. The molecule has 2 aromatic carbocycles. The van der Waals surface area contributed by atoms with Crippen molar-refractivity contribution in [3.8, 4) is 6.07 Å². The van der Waals surface area contributed by atoms with Crippen molar-refractivity contribution in [2.45, 2.75) is 18.7 Å². The maximum atomic E-state index is 12.3. The number of nitriles is 1. The summed E-state index contributed by atoms with van der Waals surface area (Å²) >= 11 is 1.62. The molecule has 0 aliphatic heterocycles. The number of carbonyl (C=O) groups excluding carboxylic acids is 2. The van der Waals surface area contributed by atoms with E-state index in [-0.39, 0.29) is 13.2 Å². The number of aromatic nitrogens is 2. The number of carbonyl (C=O) groups is 2. The minimum absolute atomic E-state index is 0.00740. The molecule has 1 aromatic heterocycles. The number of hydrogen-bond donors (Lipinski definition) is 1. The normalized spacial score (nSPS) is 10.5. The number of anilines is 1. The summed E-state index contributed by atoms with van der Waals surface area (Å²) in [7, 11) is 0. The Balaban J connectivity index is 1.57. The Morgan fingerprint density at radius 3 is 2.69 bits per heavy atom. The summed E-state index contributed by atoms with van der Waals surface area (Å²) in [5.74, 6) is 0.531. The van der Waals surface area contributed by atoms with E-state index in [0.29, 0.717) is 17.9 Å². The first-order chi connectivity index (χ1) is 14.1. The Kier molecular flexibility index (Phi) is 6.87. The molecule has 8 heteroatoms. The fourth-order valence-electron chi connectivity index (χ4n) is 2.86. The molecule has 0 saturated carbocycles. The Bertz CT molecular complexity index is 1050. The van der Waals surface area contributed by atoms with E-state index in [1.807, 2.05) is 35.1 Å². The summed E-state index contributed by atoms with van der Waals surface area (Å²) in [6, 6.07) is 16.6. The summed E-state index contributed by atoms with van der Waals surface area (Å²) < 4.78 is 6.96. The van der Waals surface area contributed by atoms with Crippen molar-refractivity contribution in [3.05, 3.63) is 59.9 Å². The van der Waals surface area contributed by atoms with Crippen LogP contribution in [0, 0.1) is 11.3 Å². The van der Waals surface area contributed by atoms with Crippen LogP contribution in [0.25, 0.3) is 11.0 Å². The molecule has 29 heavy (non-hydrogen) atoms. The van der Waals surface area contributed by atoms with E-state index < -0.39 is 11.9 Å². The van der Waals surface area contributed by atoms with Gasteiger partial charge in [-0.05, 0) is 36.1 Å². The van der Waals surface area contributed by atoms with E-state index in [1.165, 1.54) is 0 Å². The van der Waals surface area contributed by atoms with Crippen LogP contribution in [0.3, 0.4) is 0 Å². The Morgan fingerprint density at radius 1 is 1.21 bits per heavy atom. The second-order valence-electron chi connectivity index (χ2n) is 6.28. The second-order valence-corrected chi connectivity index (χ2v) is 7.14. The molecule has 0 aliphatic rings. The predicted octanol–water partition coefficient (Wildman–Crippen LogP) is 3.15. The predicted molar refractivity (Wildman–Crippen MR) is 112 cm³/mol. The van der Waals surface area contributed by atoms with E-state index >= 15 is 0 Å². The zero-order valence-electron chi connectivity index (χ0n) is 15.9. The lowest BCUT2D eigenvalue weighted by molar-refractivity contribution is -0.147. The first-order valence-corrected chi connectivity index (χ1v) is 10.3. The number of esters is 1. The number of nitrogens with one attached hydrogen (secondary N) is 1. The molecule has 0 fully saturated rings. The van der Waals surface area contributed by atoms with Gasteiger partial charge in [-0.2, -0.15) is 17.0 Å². The van der Waals surface area contributed by atoms with Crippen LogP contribution in [0.4, 0.5) is 5.69 Å². The van der Waals surface area contributed by atoms with E-state index in [1.54, 1.807) is 36.0 Å². The van der Waals surface area contributed by atoms with Gasteiger partial charge in [-0.25, -0.2) is 4.98 Å². The molecule has 0 saturated heterocycles. The quantitative estimate of drug-likeness (QED) is 0.575. The van der Waals surface area contributed by atoms with Gasteiger partial charge in [0.2, 0.25) is 0 Å². The molecule has 0 bridgehead atoms. The van der Waals surface area contributed by atoms with Gasteiger partial charge in [-0.1, -0.05) is 24.3 Å². The minimum atomic E-state index is -0.505. The third kappa shape index (κ3) is 5.36. The van der Waals surface area contributed by atoms with Crippen molar-refractivity contribution >= 4 is 40.4 Å². The van der Waals surface area contributed by atoms with Crippen LogP contribution in [0.2, 0.25) is 0 Å². The van der Waals surface area contributed by atoms with Crippen molar-refractivity contribution in [2.75, 3.05) is 18.2 Å². The van der Waals surface area contributed by atoms with Gasteiger partial charge in [0.15, 0.2) is 6.61 Å². The van der Waals surface area contributed by atoms with Gasteiger partial charge in [0, 0.05) is 5.69 Å². The van der Waals surface area contributed by atoms with E-state index in [9.17, 15) is 9.59 Å². The van der Waals surface area contributed by atoms with Crippen LogP contribution < -0.4 is 5.32 Å². The average molecular weight is 408 g/mol. The van der Waals surface area contributed by atoms with Crippen LogP contribution in [-0.4, -0.2) is 34.3 Å². The molecule has 0 aliphatic carbocycles. The fraction of sp³-hybridized carbons (Fsp3) is 0.238. The molecule has 1 heterocycles. The number of benzene rings is 2. The molecule has 1 N–H and O–H groups in total. The van der Waals surface area contributed by atoms with Crippen molar-refractivity contribution < 1.29 is 14.3 Å². The molecule has 0 spiro atoms. The van der Waals surface area contributed by atoms with Crippen LogP contribution in [-0.2, 0) is 33.0 Å². The number of fused-ring (bicyclic) bond motifs is 1. The van der Waals surface area contributed by atoms with Gasteiger partial charge in [0.1, 0.15) is 12.4 Å². The summed E-state index contributed by atoms with van der Waals surface area (Å²) in [4.78, 5) is 28.9. The highest BCUT2D eigenvalue weighted by Gasteiger charge is 2.15. The Labute approximate surface area is 172 Å². The first kappa shape index (κ1) is 20.4. The third-order valence-electron chi connectivity index (χ3n) is 4.18. The molecular weight excluding hydrogens is 388 g/mol. The average Bonchev–Trinajstić information content (AvgIpc) is 3.06. The summed E-state index contributed by atoms with van der Waals surface area (Å²) in [5, 5.41) is 11.3. The van der Waals surface area contributed by atoms with Gasteiger partial charge in [0.25, 0.3) is 5.91 Å². The van der Waals surface area contributed by atoms with E-state index in [0.717, 1.165) is 22.4 Å². The molecule has 0 atom stereocenters. The Morgan fingerprint density at radius 2 is 1.97 bits per heavy atom. The lowest BCUT2D eigenvalue weighted by Gasteiger charge is -2.10. The highest BCUT2D eigenvalue weighted by atomic mass is 32.2. The summed E-state index contributed by atoms with van der Waals surface area (Å²) in [5.41, 5.74) is 3.12. The molecule has 1 amide bonds. The maximum Gasteiger partial charge on any atom is 0.326 e. The van der Waals surface area contributed by atoms with Crippen LogP contribution in [0.1, 0.15) is 11.4 Å². The highest BCUT2D eigenvalue weighted by Crippen LogP contribution is 2.19. The lowest BCUT2D eigenvalue weighted by atomic mass is 10.1. The molecule has 3 aromatic rings. The number of amides is 1. The van der Waals surface area contributed by atoms with E-state index in [4.69, 9.17) is 10.00 Å². The Hall–Kier alpha value is -3.31. The molecular formula is C21H20N4O3S. The van der Waals surface area contributed by atoms with Gasteiger partial charge < -0.3 is 14.6 Å². The van der Waals surface area contributed by atoms with Gasteiger partial charge >= 0.3 is 5.97 Å². The van der Waals surface area contributed by atoms with Crippen LogP contribution >= 0.6 is 11.8 Å². The number of thioether (sulfide) groups is 1.